The summed E-state index contributed by atoms with van der Waals surface area (Å²) in [5.41, 5.74) is -1.54. The van der Waals surface area contributed by atoms with E-state index in [1.807, 2.05) is 29.4 Å². The maximum Gasteiger partial charge on any atom is 0.344 e. The number of aromatic nitrogens is 1. The van der Waals surface area contributed by atoms with Gasteiger partial charge in [0.25, 0.3) is 0 Å². The second-order valence-electron chi connectivity index (χ2n) is 20.9. The number of esters is 3. The number of carbonyl (C=O) groups excluding carboxylic acids is 4. The number of piperazine rings is 1. The highest BCUT2D eigenvalue weighted by Crippen LogP contribution is 2.68. The number of carbonyl (C=O) groups is 4. The van der Waals surface area contributed by atoms with E-state index in [4.69, 9.17) is 14.2 Å². The lowest BCUT2D eigenvalue weighted by Crippen LogP contribution is -2.63. The van der Waals surface area contributed by atoms with Crippen LogP contribution in [-0.4, -0.2) is 108 Å². The molecule has 7 aliphatic rings. The predicted octanol–water partition coefficient (Wildman–Crippen LogP) is 7.93. The molecule has 3 saturated heterocycles. The largest absolute Gasteiger partial charge is 0.462 e. The number of hydrogen-bond donors (Lipinski definition) is 1. The Labute approximate surface area is 390 Å². The monoisotopic (exact) mass is 934 g/mol. The number of rotatable bonds is 12. The Bertz CT molecular complexity index is 2310. The highest BCUT2D eigenvalue weighted by molar-refractivity contribution is 8.00. The van der Waals surface area contributed by atoms with Gasteiger partial charge in [0.05, 0.1) is 34.0 Å². The van der Waals surface area contributed by atoms with Crippen LogP contribution in [0.4, 0.5) is 10.1 Å². The van der Waals surface area contributed by atoms with Gasteiger partial charge in [-0.3, -0.25) is 19.2 Å². The summed E-state index contributed by atoms with van der Waals surface area (Å²) in [4.78, 5) is 74.0. The van der Waals surface area contributed by atoms with E-state index in [1.165, 1.54) is 30.7 Å². The van der Waals surface area contributed by atoms with Gasteiger partial charge in [0, 0.05) is 84.4 Å². The molecule has 11 atom stereocenters. The number of pyridine rings is 1. The zero-order valence-corrected chi connectivity index (χ0v) is 40.6. The lowest BCUT2D eigenvalue weighted by Gasteiger charge is -2.62. The van der Waals surface area contributed by atoms with Gasteiger partial charge in [-0.05, 0) is 95.2 Å². The molecule has 5 heterocycles. The zero-order chi connectivity index (χ0) is 46.2. The van der Waals surface area contributed by atoms with Crippen molar-refractivity contribution in [3.8, 4) is 0 Å². The molecular weight excluding hydrogens is 868 g/mol. The number of thioether (sulfide) groups is 2. The smallest absolute Gasteiger partial charge is 0.344 e. The van der Waals surface area contributed by atoms with Crippen molar-refractivity contribution in [3.05, 3.63) is 46.4 Å². The number of fused-ring (bicyclic) bond motifs is 5. The molecule has 15 heteroatoms. The molecule has 1 N–H and O–H groups in total. The highest BCUT2D eigenvalue weighted by Gasteiger charge is 2.69. The first-order valence-corrected chi connectivity index (χ1v) is 26.0. The second-order valence-corrected chi connectivity index (χ2v) is 23.5. The van der Waals surface area contributed by atoms with Gasteiger partial charge in [-0.25, -0.2) is 9.18 Å². The van der Waals surface area contributed by atoms with E-state index < -0.39 is 51.6 Å². The number of nitrogens with zero attached hydrogens (tertiary/aromatic N) is 3. The molecule has 4 aliphatic heterocycles. The van der Waals surface area contributed by atoms with Crippen molar-refractivity contribution in [3.63, 3.8) is 0 Å². The van der Waals surface area contributed by atoms with Gasteiger partial charge in [0.1, 0.15) is 29.4 Å². The van der Waals surface area contributed by atoms with E-state index in [1.54, 1.807) is 17.8 Å². The Hall–Kier alpha value is -3.40. The van der Waals surface area contributed by atoms with E-state index in [-0.39, 0.29) is 71.0 Å². The molecular formula is C50H67FN4O8S2. The third kappa shape index (κ3) is 7.97. The zero-order valence-electron chi connectivity index (χ0n) is 39.0. The normalized spacial score (nSPS) is 36.5. The third-order valence-corrected chi connectivity index (χ3v) is 20.0. The van der Waals surface area contributed by atoms with Crippen LogP contribution in [0.5, 0.6) is 0 Å². The quantitative estimate of drug-likeness (QED) is 0.0956. The van der Waals surface area contributed by atoms with Crippen LogP contribution < -0.4 is 15.6 Å². The summed E-state index contributed by atoms with van der Waals surface area (Å²) in [6, 6.07) is 4.11. The Morgan fingerprint density at radius 1 is 1.02 bits per heavy atom. The molecule has 6 unspecified atom stereocenters. The number of ketones is 1. The average molecular weight is 935 g/mol. The molecule has 0 amide bonds. The van der Waals surface area contributed by atoms with Crippen molar-refractivity contribution in [2.45, 2.75) is 145 Å². The summed E-state index contributed by atoms with van der Waals surface area (Å²) < 4.78 is 36.2. The van der Waals surface area contributed by atoms with Gasteiger partial charge in [-0.1, -0.05) is 45.5 Å². The molecule has 1 aromatic carbocycles. The Balaban J connectivity index is 0.889. The van der Waals surface area contributed by atoms with Crippen LogP contribution in [0.1, 0.15) is 121 Å². The first-order valence-electron chi connectivity index (χ1n) is 24.1. The van der Waals surface area contributed by atoms with Crippen molar-refractivity contribution < 1.29 is 37.8 Å². The number of benzene rings is 1. The van der Waals surface area contributed by atoms with Crippen molar-refractivity contribution in [2.24, 2.45) is 34.0 Å². The van der Waals surface area contributed by atoms with Crippen LogP contribution in [0, 0.1) is 39.8 Å². The predicted molar refractivity (Wildman–Crippen MR) is 252 cm³/mol. The molecule has 4 bridgehead atoms. The molecule has 3 saturated carbocycles. The average Bonchev–Trinajstić information content (AvgIpc) is 3.72. The van der Waals surface area contributed by atoms with Gasteiger partial charge < -0.3 is 33.9 Å². The second kappa shape index (κ2) is 17.9. The van der Waals surface area contributed by atoms with Crippen LogP contribution in [0.2, 0.25) is 0 Å². The molecule has 2 aromatic rings. The fourth-order valence-electron chi connectivity index (χ4n) is 13.6. The van der Waals surface area contributed by atoms with Crippen molar-refractivity contribution in [2.75, 3.05) is 50.5 Å². The summed E-state index contributed by atoms with van der Waals surface area (Å²) in [5, 5.41) is 4.23. The van der Waals surface area contributed by atoms with Gasteiger partial charge in [-0.15, -0.1) is 18.3 Å². The van der Waals surface area contributed by atoms with Crippen molar-refractivity contribution in [1.29, 1.82) is 0 Å². The fraction of sp³-hybridized carbons (Fsp3) is 0.700. The number of Topliss-reactive ketones (excluding diaryl/α,β-unsaturated/α-hetero) is 1. The van der Waals surface area contributed by atoms with Crippen LogP contribution in [0.25, 0.3) is 10.9 Å². The Morgan fingerprint density at radius 3 is 2.43 bits per heavy atom. The highest BCUT2D eigenvalue weighted by atomic mass is 32.2. The molecule has 65 heavy (non-hydrogen) atoms. The molecule has 12 nitrogen and oxygen atoms in total. The lowest BCUT2D eigenvalue weighted by atomic mass is 9.44. The maximum atomic E-state index is 15.5. The summed E-state index contributed by atoms with van der Waals surface area (Å²) in [7, 11) is 2.22. The summed E-state index contributed by atoms with van der Waals surface area (Å²) >= 11 is 3.10. The number of anilines is 1. The van der Waals surface area contributed by atoms with Gasteiger partial charge in [-0.2, -0.15) is 0 Å². The molecule has 354 valence electrons. The standard InChI is InChI=1S/C50H67FN4O8S2/c1-8-48(5)26-39(62-41(58)27-64-33-22-31-11-12-32(23-33)53(31)7)49(6)28(2)13-15-50(16-14-38(56)44(49)50)29(3)45(48)63-40(57)10-9-21-61-47(60)42-43(59)34-24-35(51)37(54-19-17-52-18-20-54)25-36(34)55-30(4)65-46(42)55/h8,24-25,28-33,39,44-45,52H,1,9-23,26-27H2,2-7H3/t28?,29-,30?,31?,32?,33?,39+,44?,45+,48+,49-,50?/m1/s1. The van der Waals surface area contributed by atoms with E-state index in [0.717, 1.165) is 38.8 Å². The van der Waals surface area contributed by atoms with E-state index in [9.17, 15) is 24.0 Å². The maximum absolute atomic E-state index is 15.5. The molecule has 6 fully saturated rings. The molecule has 0 spiro atoms. The topological polar surface area (TPSA) is 136 Å². The van der Waals surface area contributed by atoms with Crippen LogP contribution in [-0.2, 0) is 28.6 Å². The minimum Gasteiger partial charge on any atom is -0.462 e. The number of nitrogens with one attached hydrogen (secondary N) is 1. The van der Waals surface area contributed by atoms with Crippen molar-refractivity contribution >= 4 is 63.8 Å². The van der Waals surface area contributed by atoms with E-state index in [0.29, 0.717) is 65.9 Å². The number of halogens is 1. The van der Waals surface area contributed by atoms with Gasteiger partial charge in [0.2, 0.25) is 5.43 Å². The Morgan fingerprint density at radius 2 is 1.74 bits per heavy atom. The summed E-state index contributed by atoms with van der Waals surface area (Å²) in [6.45, 7) is 17.4. The van der Waals surface area contributed by atoms with Gasteiger partial charge >= 0.3 is 17.9 Å². The van der Waals surface area contributed by atoms with Crippen LogP contribution >= 0.6 is 23.5 Å². The first-order chi connectivity index (χ1) is 31.0. The van der Waals surface area contributed by atoms with Gasteiger partial charge in [0.15, 0.2) is 0 Å². The molecule has 9 rings (SSSR count). The van der Waals surface area contributed by atoms with E-state index >= 15 is 4.39 Å². The van der Waals surface area contributed by atoms with Crippen molar-refractivity contribution in [1.82, 2.24) is 14.8 Å². The number of hydrogen-bond acceptors (Lipinski definition) is 13. The summed E-state index contributed by atoms with van der Waals surface area (Å²) in [5.74, 6) is -2.00. The first kappa shape index (κ1) is 46.7. The third-order valence-electron chi connectivity index (χ3n) is 17.6. The fourth-order valence-corrected chi connectivity index (χ4v) is 15.9. The van der Waals surface area contributed by atoms with E-state index in [2.05, 4.69) is 44.6 Å². The molecule has 3 aliphatic carbocycles. The number of piperidine rings is 1. The van der Waals surface area contributed by atoms with Crippen LogP contribution in [0.15, 0.2) is 34.6 Å². The van der Waals surface area contributed by atoms with Crippen LogP contribution in [0.3, 0.4) is 0 Å². The Kier molecular flexibility index (Phi) is 12.9. The minimum atomic E-state index is -0.809. The summed E-state index contributed by atoms with van der Waals surface area (Å²) in [6.07, 6.45) is 8.45. The molecule has 0 radical (unpaired) electrons. The minimum absolute atomic E-state index is 0.0528. The number of ether oxygens (including phenoxy) is 3. The molecule has 1 aromatic heterocycles. The SMILES string of the molecule is C=C[C@@]1(C)C[C@H](OC(=O)CSC2CC3CCC(C2)N3C)[C@@]2(C)C(C)CCC3(CCC(=O)C32)[C@H](C)[C@@H]1OC(=O)CCCOC(=O)c1c2n(c3cc(N4CCNCC4)c(F)cc3c1=O)C(C)S2. The lowest BCUT2D eigenvalue weighted by molar-refractivity contribution is -0.212.